The fourth-order valence-electron chi connectivity index (χ4n) is 4.28. The van der Waals surface area contributed by atoms with Gasteiger partial charge in [-0.2, -0.15) is 5.26 Å². The Morgan fingerprint density at radius 1 is 1.30 bits per heavy atom. The number of carbonyl (C=O) groups is 1. The average molecular weight is 426 g/mol. The molecule has 0 atom stereocenters. The highest BCUT2D eigenvalue weighted by Crippen LogP contribution is 2.38. The van der Waals surface area contributed by atoms with Crippen LogP contribution in [0.4, 0.5) is 5.82 Å². The van der Waals surface area contributed by atoms with E-state index in [0.29, 0.717) is 17.1 Å². The molecular formula is C23H27N3O3S. The van der Waals surface area contributed by atoms with Crippen molar-refractivity contribution in [2.45, 2.75) is 56.2 Å². The van der Waals surface area contributed by atoms with Crippen molar-refractivity contribution in [1.29, 1.82) is 5.26 Å². The lowest BCUT2D eigenvalue weighted by Crippen LogP contribution is -2.35. The first-order valence-electron chi connectivity index (χ1n) is 10.6. The normalized spacial score (nSPS) is 16.8. The number of hydrogen-bond acceptors (Lipinski definition) is 7. The third-order valence-electron chi connectivity index (χ3n) is 6.06. The van der Waals surface area contributed by atoms with Crippen LogP contribution in [0, 0.1) is 17.2 Å². The SMILES string of the molecule is COC(=O)c1ccc(CSc2nc(N3CCC(C)CC3)c3c(c2C#N)CCCC3)o1. The van der Waals surface area contributed by atoms with Crippen LogP contribution in [-0.2, 0) is 23.3 Å². The van der Waals surface area contributed by atoms with Gasteiger partial charge in [0.15, 0.2) is 0 Å². The highest BCUT2D eigenvalue weighted by atomic mass is 32.2. The van der Waals surface area contributed by atoms with Crippen LogP contribution in [0.1, 0.15) is 65.6 Å². The van der Waals surface area contributed by atoms with Crippen molar-refractivity contribution in [3.05, 3.63) is 40.3 Å². The molecule has 2 aromatic rings. The molecule has 2 aromatic heterocycles. The molecule has 0 unspecified atom stereocenters. The Labute approximate surface area is 181 Å². The number of rotatable bonds is 5. The number of piperidine rings is 1. The predicted octanol–water partition coefficient (Wildman–Crippen LogP) is 4.74. The maximum absolute atomic E-state index is 11.6. The van der Waals surface area contributed by atoms with Gasteiger partial charge in [0.2, 0.25) is 5.76 Å². The second-order valence-electron chi connectivity index (χ2n) is 8.11. The molecule has 0 spiro atoms. The Balaban J connectivity index is 1.63. The number of furan rings is 1. The summed E-state index contributed by atoms with van der Waals surface area (Å²) in [7, 11) is 1.33. The molecule has 1 saturated heterocycles. The molecule has 0 bridgehead atoms. The summed E-state index contributed by atoms with van der Waals surface area (Å²) < 4.78 is 10.3. The smallest absolute Gasteiger partial charge is 0.373 e. The number of nitriles is 1. The largest absolute Gasteiger partial charge is 0.463 e. The van der Waals surface area contributed by atoms with E-state index >= 15 is 0 Å². The zero-order chi connectivity index (χ0) is 21.1. The first-order valence-corrected chi connectivity index (χ1v) is 11.6. The van der Waals surface area contributed by atoms with Gasteiger partial charge in [-0.1, -0.05) is 18.7 Å². The van der Waals surface area contributed by atoms with E-state index in [-0.39, 0.29) is 5.76 Å². The van der Waals surface area contributed by atoms with Crippen molar-refractivity contribution < 1.29 is 13.9 Å². The number of fused-ring (bicyclic) bond motifs is 1. The van der Waals surface area contributed by atoms with Crippen LogP contribution in [0.5, 0.6) is 0 Å². The first kappa shape index (κ1) is 20.8. The summed E-state index contributed by atoms with van der Waals surface area (Å²) in [5.41, 5.74) is 3.18. The zero-order valence-electron chi connectivity index (χ0n) is 17.6. The summed E-state index contributed by atoms with van der Waals surface area (Å²) in [4.78, 5) is 19.0. The summed E-state index contributed by atoms with van der Waals surface area (Å²) >= 11 is 1.50. The lowest BCUT2D eigenvalue weighted by atomic mass is 9.88. The van der Waals surface area contributed by atoms with Gasteiger partial charge in [0.1, 0.15) is 22.7 Å². The average Bonchev–Trinajstić information content (AvgIpc) is 3.26. The number of anilines is 1. The molecule has 0 saturated carbocycles. The summed E-state index contributed by atoms with van der Waals surface area (Å²) in [5.74, 6) is 2.71. The topological polar surface area (TPSA) is 79.4 Å². The van der Waals surface area contributed by atoms with Crippen LogP contribution >= 0.6 is 11.8 Å². The number of nitrogens with zero attached hydrogens (tertiary/aromatic N) is 3. The quantitative estimate of drug-likeness (QED) is 0.505. The van der Waals surface area contributed by atoms with Gasteiger partial charge in [0, 0.05) is 13.1 Å². The van der Waals surface area contributed by atoms with E-state index in [1.54, 1.807) is 12.1 Å². The molecule has 0 aromatic carbocycles. The highest BCUT2D eigenvalue weighted by Gasteiger charge is 2.27. The molecule has 3 heterocycles. The van der Waals surface area contributed by atoms with Gasteiger partial charge < -0.3 is 14.1 Å². The molecule has 1 aliphatic heterocycles. The van der Waals surface area contributed by atoms with E-state index < -0.39 is 5.97 Å². The lowest BCUT2D eigenvalue weighted by Gasteiger charge is -2.34. The molecule has 30 heavy (non-hydrogen) atoms. The molecule has 0 N–H and O–H groups in total. The Hall–Kier alpha value is -2.46. The van der Waals surface area contributed by atoms with Crippen molar-refractivity contribution in [3.63, 3.8) is 0 Å². The number of hydrogen-bond donors (Lipinski definition) is 0. The Bertz CT molecular complexity index is 971. The molecule has 1 aliphatic carbocycles. The molecule has 1 fully saturated rings. The molecule has 158 valence electrons. The Morgan fingerprint density at radius 2 is 2.03 bits per heavy atom. The van der Waals surface area contributed by atoms with E-state index in [2.05, 4.69) is 17.9 Å². The maximum Gasteiger partial charge on any atom is 0.373 e. The summed E-state index contributed by atoms with van der Waals surface area (Å²) in [5, 5.41) is 10.7. The molecule has 2 aliphatic rings. The lowest BCUT2D eigenvalue weighted by molar-refractivity contribution is 0.0563. The first-order chi connectivity index (χ1) is 14.6. The van der Waals surface area contributed by atoms with Crippen molar-refractivity contribution in [2.75, 3.05) is 25.1 Å². The third kappa shape index (κ3) is 4.20. The second kappa shape index (κ2) is 9.13. The zero-order valence-corrected chi connectivity index (χ0v) is 18.4. The Morgan fingerprint density at radius 3 is 2.73 bits per heavy atom. The van der Waals surface area contributed by atoms with E-state index in [0.717, 1.165) is 55.5 Å². The van der Waals surface area contributed by atoms with Gasteiger partial charge in [0.25, 0.3) is 0 Å². The summed E-state index contributed by atoms with van der Waals surface area (Å²) in [6.07, 6.45) is 6.59. The fourth-order valence-corrected chi connectivity index (χ4v) is 5.18. The van der Waals surface area contributed by atoms with Gasteiger partial charge in [-0.15, -0.1) is 0 Å². The minimum atomic E-state index is -0.488. The third-order valence-corrected chi connectivity index (χ3v) is 7.05. The maximum atomic E-state index is 11.6. The number of esters is 1. The van der Waals surface area contributed by atoms with E-state index in [9.17, 15) is 10.1 Å². The second-order valence-corrected chi connectivity index (χ2v) is 9.07. The number of thioether (sulfide) groups is 1. The summed E-state index contributed by atoms with van der Waals surface area (Å²) in [6.45, 7) is 4.36. The van der Waals surface area contributed by atoms with Crippen molar-refractivity contribution in [2.24, 2.45) is 5.92 Å². The minimum absolute atomic E-state index is 0.190. The van der Waals surface area contributed by atoms with Crippen LogP contribution in [0.15, 0.2) is 21.6 Å². The van der Waals surface area contributed by atoms with Gasteiger partial charge in [-0.3, -0.25) is 0 Å². The van der Waals surface area contributed by atoms with Crippen molar-refractivity contribution >= 4 is 23.5 Å². The number of methoxy groups -OCH3 is 1. The van der Waals surface area contributed by atoms with Gasteiger partial charge in [-0.25, -0.2) is 9.78 Å². The molecule has 0 amide bonds. The minimum Gasteiger partial charge on any atom is -0.463 e. The standard InChI is InChI=1S/C23H27N3O3S/c1-15-9-11-26(12-10-15)21-18-6-4-3-5-17(18)19(13-24)22(25-21)30-14-16-7-8-20(29-16)23(27)28-2/h7-8,15H,3-6,9-12,14H2,1-2H3. The van der Waals surface area contributed by atoms with Gasteiger partial charge >= 0.3 is 5.97 Å². The van der Waals surface area contributed by atoms with E-state index in [1.807, 2.05) is 0 Å². The van der Waals surface area contributed by atoms with Gasteiger partial charge in [0.05, 0.1) is 18.4 Å². The molecule has 7 heteroatoms. The van der Waals surface area contributed by atoms with Gasteiger partial charge in [-0.05, 0) is 67.7 Å². The van der Waals surface area contributed by atoms with Crippen molar-refractivity contribution in [3.8, 4) is 6.07 Å². The monoisotopic (exact) mass is 425 g/mol. The van der Waals surface area contributed by atoms with Crippen LogP contribution in [0.3, 0.4) is 0 Å². The Kier molecular flexibility index (Phi) is 6.33. The predicted molar refractivity (Wildman–Crippen MR) is 116 cm³/mol. The molecule has 0 radical (unpaired) electrons. The van der Waals surface area contributed by atoms with E-state index in [1.165, 1.54) is 42.8 Å². The fraction of sp³-hybridized carbons (Fsp3) is 0.522. The van der Waals surface area contributed by atoms with Crippen LogP contribution in [0.2, 0.25) is 0 Å². The molecular weight excluding hydrogens is 398 g/mol. The summed E-state index contributed by atoms with van der Waals surface area (Å²) in [6, 6.07) is 5.82. The number of ether oxygens (including phenoxy) is 1. The van der Waals surface area contributed by atoms with Crippen LogP contribution in [-0.4, -0.2) is 31.2 Å². The van der Waals surface area contributed by atoms with Crippen LogP contribution in [0.25, 0.3) is 0 Å². The van der Waals surface area contributed by atoms with Crippen LogP contribution < -0.4 is 4.90 Å². The van der Waals surface area contributed by atoms with Crippen molar-refractivity contribution in [1.82, 2.24) is 4.98 Å². The highest BCUT2D eigenvalue weighted by molar-refractivity contribution is 7.98. The molecule has 4 rings (SSSR count). The van der Waals surface area contributed by atoms with E-state index in [4.69, 9.17) is 14.1 Å². The number of carbonyl (C=O) groups excluding carboxylic acids is 1. The number of aromatic nitrogens is 1. The number of pyridine rings is 1. The molecule has 6 nitrogen and oxygen atoms in total.